The predicted molar refractivity (Wildman–Crippen MR) is 114 cm³/mol. The number of benzene rings is 2. The molecule has 0 bridgehead atoms. The molecular weight excluding hydrogens is 444 g/mol. The topological polar surface area (TPSA) is 94.2 Å². The van der Waals surface area contributed by atoms with Crippen LogP contribution in [-0.2, 0) is 21.4 Å². The van der Waals surface area contributed by atoms with Crippen LogP contribution in [0.2, 0.25) is 5.02 Å². The average Bonchev–Trinajstić information content (AvgIpc) is 3.25. The fraction of sp³-hybridized carbons (Fsp3) is 0.381. The fourth-order valence-corrected chi connectivity index (χ4v) is 5.59. The number of carbonyl (C=O) groups is 1. The summed E-state index contributed by atoms with van der Waals surface area (Å²) in [5.74, 6) is 1.14. The zero-order valence-corrected chi connectivity index (χ0v) is 18.5. The first-order valence-corrected chi connectivity index (χ1v) is 11.7. The van der Waals surface area contributed by atoms with Crippen molar-refractivity contribution in [2.45, 2.75) is 24.3 Å². The second-order valence-corrected chi connectivity index (χ2v) is 9.75. The van der Waals surface area contributed by atoms with Gasteiger partial charge < -0.3 is 19.5 Å². The molecule has 4 rings (SSSR count). The highest BCUT2D eigenvalue weighted by atomic mass is 35.5. The van der Waals surface area contributed by atoms with Gasteiger partial charge in [-0.2, -0.15) is 4.31 Å². The number of sulfonamides is 1. The van der Waals surface area contributed by atoms with E-state index in [1.807, 2.05) is 12.1 Å². The van der Waals surface area contributed by atoms with Crippen LogP contribution in [0.1, 0.15) is 18.4 Å². The van der Waals surface area contributed by atoms with Gasteiger partial charge in [0.15, 0.2) is 11.5 Å². The van der Waals surface area contributed by atoms with Gasteiger partial charge in [0, 0.05) is 19.6 Å². The van der Waals surface area contributed by atoms with Crippen LogP contribution in [0.3, 0.4) is 0 Å². The van der Waals surface area contributed by atoms with E-state index in [0.29, 0.717) is 43.2 Å². The van der Waals surface area contributed by atoms with Gasteiger partial charge in [0.1, 0.15) is 5.75 Å². The van der Waals surface area contributed by atoms with Crippen molar-refractivity contribution in [2.24, 2.45) is 5.92 Å². The lowest BCUT2D eigenvalue weighted by molar-refractivity contribution is -0.126. The molecule has 31 heavy (non-hydrogen) atoms. The monoisotopic (exact) mass is 466 g/mol. The Hall–Kier alpha value is -2.49. The van der Waals surface area contributed by atoms with Crippen molar-refractivity contribution >= 4 is 27.5 Å². The largest absolute Gasteiger partial charge is 0.495 e. The lowest BCUT2D eigenvalue weighted by atomic mass is 9.98. The molecule has 0 unspecified atom stereocenters. The normalized spacial score (nSPS) is 18.6. The summed E-state index contributed by atoms with van der Waals surface area (Å²) in [6.45, 7) is 1.00. The summed E-state index contributed by atoms with van der Waals surface area (Å²) in [7, 11) is -2.30. The van der Waals surface area contributed by atoms with E-state index in [1.54, 1.807) is 6.07 Å². The number of hydrogen-bond acceptors (Lipinski definition) is 6. The van der Waals surface area contributed by atoms with Gasteiger partial charge >= 0.3 is 0 Å². The Morgan fingerprint density at radius 2 is 2.03 bits per heavy atom. The molecule has 1 atom stereocenters. The maximum atomic E-state index is 13.1. The number of amides is 1. The number of hydrogen-bond donors (Lipinski definition) is 1. The Balaban J connectivity index is 1.40. The van der Waals surface area contributed by atoms with Crippen LogP contribution in [0.15, 0.2) is 41.3 Å². The molecule has 2 aromatic rings. The summed E-state index contributed by atoms with van der Waals surface area (Å²) in [5, 5.41) is 3.12. The zero-order valence-electron chi connectivity index (χ0n) is 17.0. The van der Waals surface area contributed by atoms with E-state index in [-0.39, 0.29) is 29.2 Å². The molecule has 10 heteroatoms. The highest BCUT2D eigenvalue weighted by Crippen LogP contribution is 2.33. The van der Waals surface area contributed by atoms with Crippen LogP contribution in [0.25, 0.3) is 0 Å². The molecule has 0 aliphatic carbocycles. The van der Waals surface area contributed by atoms with Gasteiger partial charge in [-0.1, -0.05) is 17.7 Å². The van der Waals surface area contributed by atoms with Gasteiger partial charge in [0.25, 0.3) is 0 Å². The lowest BCUT2D eigenvalue weighted by Crippen LogP contribution is -2.45. The van der Waals surface area contributed by atoms with E-state index in [1.165, 1.54) is 29.6 Å². The SMILES string of the molecule is COc1ccc(S(=O)(=O)N2CCC[C@@H](C(=O)NCc3ccc4c(c3)OCO4)C2)cc1Cl. The number of piperidine rings is 1. The molecule has 2 heterocycles. The Morgan fingerprint density at radius 3 is 2.81 bits per heavy atom. The fourth-order valence-electron chi connectivity index (χ4n) is 3.72. The van der Waals surface area contributed by atoms with Crippen molar-refractivity contribution in [3.05, 3.63) is 47.0 Å². The van der Waals surface area contributed by atoms with Crippen molar-refractivity contribution < 1.29 is 27.4 Å². The van der Waals surface area contributed by atoms with Crippen molar-refractivity contribution in [3.63, 3.8) is 0 Å². The second kappa shape index (κ2) is 8.94. The Morgan fingerprint density at radius 1 is 1.23 bits per heavy atom. The van der Waals surface area contributed by atoms with E-state index in [2.05, 4.69) is 5.32 Å². The Bertz CT molecular complexity index is 1090. The van der Waals surface area contributed by atoms with Crippen LogP contribution < -0.4 is 19.5 Å². The van der Waals surface area contributed by atoms with Crippen LogP contribution >= 0.6 is 11.6 Å². The zero-order chi connectivity index (χ0) is 22.0. The highest BCUT2D eigenvalue weighted by Gasteiger charge is 2.33. The lowest BCUT2D eigenvalue weighted by Gasteiger charge is -2.31. The minimum Gasteiger partial charge on any atom is -0.495 e. The Kier molecular flexibility index (Phi) is 6.27. The Labute approximate surface area is 186 Å². The minimum atomic E-state index is -3.77. The third kappa shape index (κ3) is 4.58. The van der Waals surface area contributed by atoms with Gasteiger partial charge in [0.05, 0.1) is 22.9 Å². The molecule has 2 aliphatic heterocycles. The number of carbonyl (C=O) groups excluding carboxylic acids is 1. The van der Waals surface area contributed by atoms with E-state index in [9.17, 15) is 13.2 Å². The number of methoxy groups -OCH3 is 1. The third-order valence-electron chi connectivity index (χ3n) is 5.42. The molecule has 0 spiro atoms. The molecule has 166 valence electrons. The quantitative estimate of drug-likeness (QED) is 0.703. The molecule has 2 aromatic carbocycles. The summed E-state index contributed by atoms with van der Waals surface area (Å²) < 4.78 is 43.2. The summed E-state index contributed by atoms with van der Waals surface area (Å²) >= 11 is 6.10. The summed E-state index contributed by atoms with van der Waals surface area (Å²) in [6.07, 6.45) is 1.23. The average molecular weight is 467 g/mol. The predicted octanol–water partition coefficient (Wildman–Crippen LogP) is 2.79. The molecule has 1 amide bonds. The molecule has 8 nitrogen and oxygen atoms in total. The maximum absolute atomic E-state index is 13.1. The summed E-state index contributed by atoms with van der Waals surface area (Å²) in [4.78, 5) is 12.8. The van der Waals surface area contributed by atoms with Crippen molar-refractivity contribution in [2.75, 3.05) is 27.0 Å². The number of rotatable bonds is 6. The number of nitrogens with zero attached hydrogens (tertiary/aromatic N) is 1. The molecule has 1 N–H and O–H groups in total. The van der Waals surface area contributed by atoms with Gasteiger partial charge in [-0.25, -0.2) is 8.42 Å². The number of halogens is 1. The first kappa shape index (κ1) is 21.7. The summed E-state index contributed by atoms with van der Waals surface area (Å²) in [5.41, 5.74) is 0.880. The number of nitrogens with one attached hydrogen (secondary N) is 1. The van der Waals surface area contributed by atoms with Crippen LogP contribution in [0, 0.1) is 5.92 Å². The molecule has 0 saturated carbocycles. The van der Waals surface area contributed by atoms with Gasteiger partial charge in [-0.3, -0.25) is 4.79 Å². The minimum absolute atomic E-state index is 0.0831. The van der Waals surface area contributed by atoms with Gasteiger partial charge in [-0.15, -0.1) is 0 Å². The second-order valence-electron chi connectivity index (χ2n) is 7.40. The number of fused-ring (bicyclic) bond motifs is 1. The van der Waals surface area contributed by atoms with Gasteiger partial charge in [-0.05, 0) is 48.7 Å². The molecular formula is C21H23ClN2O6S. The van der Waals surface area contributed by atoms with E-state index >= 15 is 0 Å². The molecule has 0 radical (unpaired) electrons. The molecule has 0 aromatic heterocycles. The molecule has 1 saturated heterocycles. The third-order valence-corrected chi connectivity index (χ3v) is 7.58. The maximum Gasteiger partial charge on any atom is 0.243 e. The molecule has 1 fully saturated rings. The highest BCUT2D eigenvalue weighted by molar-refractivity contribution is 7.89. The van der Waals surface area contributed by atoms with Crippen LogP contribution in [0.5, 0.6) is 17.2 Å². The first-order chi connectivity index (χ1) is 14.9. The smallest absolute Gasteiger partial charge is 0.243 e. The summed E-state index contributed by atoms with van der Waals surface area (Å²) in [6, 6.07) is 9.85. The van der Waals surface area contributed by atoms with Crippen molar-refractivity contribution in [3.8, 4) is 17.2 Å². The van der Waals surface area contributed by atoms with E-state index in [4.69, 9.17) is 25.8 Å². The number of ether oxygens (including phenoxy) is 3. The van der Waals surface area contributed by atoms with E-state index < -0.39 is 15.9 Å². The van der Waals surface area contributed by atoms with Crippen LogP contribution in [0.4, 0.5) is 0 Å². The van der Waals surface area contributed by atoms with E-state index in [0.717, 1.165) is 5.56 Å². The van der Waals surface area contributed by atoms with Crippen molar-refractivity contribution in [1.82, 2.24) is 9.62 Å². The first-order valence-electron chi connectivity index (χ1n) is 9.88. The van der Waals surface area contributed by atoms with Gasteiger partial charge in [0.2, 0.25) is 22.7 Å². The molecule has 2 aliphatic rings. The van der Waals surface area contributed by atoms with Crippen LogP contribution in [-0.4, -0.2) is 45.6 Å². The van der Waals surface area contributed by atoms with Crippen molar-refractivity contribution in [1.29, 1.82) is 0 Å². The standard InChI is InChI=1S/C21H23ClN2O6S/c1-28-18-7-5-16(10-17(18)22)31(26,27)24-8-2-3-15(12-24)21(25)23-11-14-4-6-19-20(9-14)30-13-29-19/h4-7,9-10,15H,2-3,8,11-13H2,1H3,(H,23,25)/t15-/m1/s1.